The first kappa shape index (κ1) is 19.0. The molecule has 0 saturated carbocycles. The van der Waals surface area contributed by atoms with Crippen molar-refractivity contribution in [1.82, 2.24) is 19.7 Å². The lowest BCUT2D eigenvalue weighted by molar-refractivity contribution is 0.745. The Morgan fingerprint density at radius 3 is 2.56 bits per heavy atom. The molecule has 1 N–H and O–H groups in total. The Labute approximate surface area is 162 Å². The van der Waals surface area contributed by atoms with E-state index in [-0.39, 0.29) is 17.2 Å². The molecule has 0 fully saturated rings. The number of nitrogens with zero attached hydrogens (tertiary/aromatic N) is 5. The van der Waals surface area contributed by atoms with E-state index in [2.05, 4.69) is 32.2 Å². The molecule has 0 aliphatic rings. The lowest BCUT2D eigenvalue weighted by Gasteiger charge is -2.09. The summed E-state index contributed by atoms with van der Waals surface area (Å²) in [5.41, 5.74) is 2.77. The fraction of sp³-hybridized carbons (Fsp3) is 0.316. The first-order valence-electron chi connectivity index (χ1n) is 8.83. The number of unbranched alkanes of at least 4 members (excludes halogenated alkanes) is 1. The Morgan fingerprint density at radius 1 is 1.15 bits per heavy atom. The number of aromatic nitrogens is 4. The van der Waals surface area contributed by atoms with Gasteiger partial charge in [0, 0.05) is 11.3 Å². The molecular formula is C19H21ClN6O. The van der Waals surface area contributed by atoms with E-state index in [0.717, 1.165) is 30.5 Å². The molecular weight excluding hydrogens is 364 g/mol. The minimum atomic E-state index is -0.371. The second kappa shape index (κ2) is 8.26. The van der Waals surface area contributed by atoms with Gasteiger partial charge in [0.05, 0.1) is 11.4 Å². The lowest BCUT2D eigenvalue weighted by atomic mass is 10.1. The first-order valence-corrected chi connectivity index (χ1v) is 9.20. The van der Waals surface area contributed by atoms with Crippen LogP contribution in [0.25, 0.3) is 5.95 Å². The van der Waals surface area contributed by atoms with Crippen molar-refractivity contribution < 1.29 is 0 Å². The number of nitrogens with one attached hydrogen (secondary N) is 1. The Hall–Kier alpha value is -2.80. The van der Waals surface area contributed by atoms with Crippen molar-refractivity contribution in [3.05, 3.63) is 62.8 Å². The molecule has 0 aliphatic heterocycles. The topological polar surface area (TPSA) is 88.3 Å². The minimum Gasteiger partial charge on any atom is -0.290 e. The predicted octanol–water partition coefficient (Wildman–Crippen LogP) is 4.98. The summed E-state index contributed by atoms with van der Waals surface area (Å²) in [6, 6.07) is 9.22. The van der Waals surface area contributed by atoms with E-state index in [0.29, 0.717) is 16.5 Å². The zero-order valence-electron chi connectivity index (χ0n) is 15.5. The lowest BCUT2D eigenvalue weighted by Crippen LogP contribution is -2.18. The second-order valence-electron chi connectivity index (χ2n) is 6.24. The Morgan fingerprint density at radius 2 is 1.89 bits per heavy atom. The van der Waals surface area contributed by atoms with Gasteiger partial charge < -0.3 is 0 Å². The van der Waals surface area contributed by atoms with Crippen LogP contribution in [0.4, 0.5) is 11.4 Å². The summed E-state index contributed by atoms with van der Waals surface area (Å²) < 4.78 is 1.25. The number of halogens is 1. The maximum Gasteiger partial charge on any atom is 0.301 e. The van der Waals surface area contributed by atoms with Crippen LogP contribution in [0.15, 0.2) is 45.4 Å². The Balaban J connectivity index is 1.97. The van der Waals surface area contributed by atoms with Crippen molar-refractivity contribution in [2.45, 2.75) is 40.0 Å². The summed E-state index contributed by atoms with van der Waals surface area (Å²) in [4.78, 5) is 21.5. The number of rotatable bonds is 6. The summed E-state index contributed by atoms with van der Waals surface area (Å²) in [6.45, 7) is 5.74. The van der Waals surface area contributed by atoms with E-state index in [1.807, 2.05) is 37.3 Å². The van der Waals surface area contributed by atoms with Crippen LogP contribution in [0.1, 0.15) is 36.7 Å². The van der Waals surface area contributed by atoms with Crippen molar-refractivity contribution in [3.8, 4) is 5.95 Å². The SMILES string of the molecule is CCCCc1c(C)nc(-n2[nH]c(C)c(N=Nc3ccccc3)c2=O)nc1Cl. The molecule has 27 heavy (non-hydrogen) atoms. The maximum atomic E-state index is 12.7. The third-order valence-corrected chi connectivity index (χ3v) is 4.51. The number of hydrogen-bond acceptors (Lipinski definition) is 5. The van der Waals surface area contributed by atoms with E-state index in [4.69, 9.17) is 11.6 Å². The van der Waals surface area contributed by atoms with Gasteiger partial charge in [-0.2, -0.15) is 14.8 Å². The standard InChI is InChI=1S/C19H21ClN6O/c1-4-5-11-15-12(2)21-19(22-17(15)20)26-18(27)16(13(3)25-26)24-23-14-9-7-6-8-10-14/h6-10,25H,4-5,11H2,1-3H3. The monoisotopic (exact) mass is 384 g/mol. The number of aryl methyl sites for hydroxylation is 2. The third kappa shape index (κ3) is 4.14. The van der Waals surface area contributed by atoms with Crippen LogP contribution in [0.2, 0.25) is 5.15 Å². The summed E-state index contributed by atoms with van der Waals surface area (Å²) in [6.07, 6.45) is 2.88. The van der Waals surface area contributed by atoms with Crippen molar-refractivity contribution in [3.63, 3.8) is 0 Å². The van der Waals surface area contributed by atoms with Crippen LogP contribution in [-0.4, -0.2) is 19.7 Å². The average Bonchev–Trinajstić information content (AvgIpc) is 2.94. The van der Waals surface area contributed by atoms with Crippen LogP contribution >= 0.6 is 11.6 Å². The van der Waals surface area contributed by atoms with Gasteiger partial charge >= 0.3 is 5.56 Å². The summed E-state index contributed by atoms with van der Waals surface area (Å²) in [5.74, 6) is 0.201. The summed E-state index contributed by atoms with van der Waals surface area (Å²) in [7, 11) is 0. The maximum absolute atomic E-state index is 12.7. The van der Waals surface area contributed by atoms with Crippen molar-refractivity contribution in [1.29, 1.82) is 0 Å². The van der Waals surface area contributed by atoms with Gasteiger partial charge in [-0.15, -0.1) is 5.11 Å². The van der Waals surface area contributed by atoms with Gasteiger partial charge in [0.1, 0.15) is 5.15 Å². The minimum absolute atomic E-state index is 0.201. The van der Waals surface area contributed by atoms with Gasteiger partial charge in [-0.05, 0) is 38.8 Å². The molecule has 8 heteroatoms. The molecule has 3 rings (SSSR count). The smallest absolute Gasteiger partial charge is 0.290 e. The molecule has 0 aliphatic carbocycles. The number of benzene rings is 1. The summed E-state index contributed by atoms with van der Waals surface area (Å²) in [5, 5.41) is 11.5. The Bertz CT molecular complexity index is 999. The molecule has 7 nitrogen and oxygen atoms in total. The molecule has 140 valence electrons. The van der Waals surface area contributed by atoms with Gasteiger partial charge in [-0.3, -0.25) is 9.89 Å². The largest absolute Gasteiger partial charge is 0.301 e. The fourth-order valence-electron chi connectivity index (χ4n) is 2.68. The predicted molar refractivity (Wildman–Crippen MR) is 106 cm³/mol. The van der Waals surface area contributed by atoms with Crippen LogP contribution in [0, 0.1) is 13.8 Å². The van der Waals surface area contributed by atoms with E-state index < -0.39 is 0 Å². The fourth-order valence-corrected chi connectivity index (χ4v) is 2.99. The number of hydrogen-bond donors (Lipinski definition) is 1. The van der Waals surface area contributed by atoms with E-state index in [9.17, 15) is 4.79 Å². The third-order valence-electron chi connectivity index (χ3n) is 4.19. The molecule has 0 radical (unpaired) electrons. The molecule has 0 unspecified atom stereocenters. The first-order chi connectivity index (χ1) is 13.0. The molecule has 2 aromatic heterocycles. The zero-order chi connectivity index (χ0) is 19.4. The Kier molecular flexibility index (Phi) is 5.81. The molecule has 0 bridgehead atoms. The molecule has 0 saturated heterocycles. The molecule has 2 heterocycles. The van der Waals surface area contributed by atoms with Gasteiger partial charge in [-0.25, -0.2) is 4.98 Å². The molecule has 0 amide bonds. The van der Waals surface area contributed by atoms with Gasteiger partial charge in [0.2, 0.25) is 0 Å². The van der Waals surface area contributed by atoms with Crippen LogP contribution < -0.4 is 5.56 Å². The number of azo groups is 1. The molecule has 3 aromatic rings. The van der Waals surface area contributed by atoms with Crippen LogP contribution in [-0.2, 0) is 6.42 Å². The van der Waals surface area contributed by atoms with Crippen molar-refractivity contribution in [2.24, 2.45) is 10.2 Å². The second-order valence-corrected chi connectivity index (χ2v) is 6.60. The highest BCUT2D eigenvalue weighted by Crippen LogP contribution is 2.21. The molecule has 0 atom stereocenters. The average molecular weight is 385 g/mol. The normalized spacial score (nSPS) is 11.4. The number of aromatic amines is 1. The highest BCUT2D eigenvalue weighted by molar-refractivity contribution is 6.30. The van der Waals surface area contributed by atoms with Gasteiger partial charge in [-0.1, -0.05) is 43.1 Å². The zero-order valence-corrected chi connectivity index (χ0v) is 16.3. The highest BCUT2D eigenvalue weighted by atomic mass is 35.5. The van der Waals surface area contributed by atoms with Crippen molar-refractivity contribution >= 4 is 23.0 Å². The quantitative estimate of drug-likeness (QED) is 0.480. The highest BCUT2D eigenvalue weighted by Gasteiger charge is 2.17. The van der Waals surface area contributed by atoms with E-state index in [1.165, 1.54) is 4.68 Å². The summed E-state index contributed by atoms with van der Waals surface area (Å²) >= 11 is 6.34. The van der Waals surface area contributed by atoms with Crippen LogP contribution in [0.3, 0.4) is 0 Å². The van der Waals surface area contributed by atoms with E-state index >= 15 is 0 Å². The van der Waals surface area contributed by atoms with Gasteiger partial charge in [0.25, 0.3) is 5.95 Å². The molecule has 0 spiro atoms. The van der Waals surface area contributed by atoms with E-state index in [1.54, 1.807) is 6.92 Å². The molecule has 1 aromatic carbocycles. The van der Waals surface area contributed by atoms with Gasteiger partial charge in [0.15, 0.2) is 5.69 Å². The number of H-pyrrole nitrogens is 1. The van der Waals surface area contributed by atoms with Crippen LogP contribution in [0.5, 0.6) is 0 Å². The van der Waals surface area contributed by atoms with Crippen molar-refractivity contribution in [2.75, 3.05) is 0 Å².